The summed E-state index contributed by atoms with van der Waals surface area (Å²) in [5.74, 6) is 2.08. The fraction of sp³-hybridized carbons (Fsp3) is 0.467. The Hall–Kier alpha value is -1.68. The fourth-order valence-corrected chi connectivity index (χ4v) is 2.67. The highest BCUT2D eigenvalue weighted by Gasteiger charge is 2.24. The molecule has 3 rings (SSSR count). The molecule has 19 heavy (non-hydrogen) atoms. The first-order chi connectivity index (χ1) is 9.29. The first kappa shape index (κ1) is 12.4. The van der Waals surface area contributed by atoms with Crippen LogP contribution in [0.3, 0.4) is 0 Å². The van der Waals surface area contributed by atoms with E-state index in [9.17, 15) is 0 Å². The van der Waals surface area contributed by atoms with Crippen molar-refractivity contribution < 1.29 is 0 Å². The molecule has 1 N–H and O–H groups in total. The number of hydrogen-bond acceptors (Lipinski definition) is 3. The largest absolute Gasteiger partial charge is 0.308 e. The molecule has 4 heteroatoms. The number of hydrogen-bond donors (Lipinski definition) is 1. The third-order valence-corrected chi connectivity index (χ3v) is 3.70. The third kappa shape index (κ3) is 2.28. The number of rotatable bonds is 3. The highest BCUT2D eigenvalue weighted by atomic mass is 15.3. The van der Waals surface area contributed by atoms with Gasteiger partial charge in [-0.2, -0.15) is 0 Å². The van der Waals surface area contributed by atoms with Gasteiger partial charge < -0.3 is 9.88 Å². The van der Waals surface area contributed by atoms with Crippen molar-refractivity contribution in [1.29, 1.82) is 0 Å². The maximum Gasteiger partial charge on any atom is 0.164 e. The van der Waals surface area contributed by atoms with Crippen LogP contribution >= 0.6 is 0 Å². The molecule has 1 aromatic carbocycles. The van der Waals surface area contributed by atoms with E-state index < -0.39 is 0 Å². The molecule has 0 spiro atoms. The van der Waals surface area contributed by atoms with Crippen molar-refractivity contribution in [1.82, 2.24) is 20.1 Å². The molecule has 1 aromatic heterocycles. The van der Waals surface area contributed by atoms with Crippen molar-refractivity contribution in [2.75, 3.05) is 6.54 Å². The third-order valence-electron chi connectivity index (χ3n) is 3.70. The molecule has 0 radical (unpaired) electrons. The van der Waals surface area contributed by atoms with Gasteiger partial charge in [0.1, 0.15) is 0 Å². The van der Waals surface area contributed by atoms with Crippen LogP contribution in [-0.2, 0) is 6.54 Å². The van der Waals surface area contributed by atoms with E-state index >= 15 is 0 Å². The van der Waals surface area contributed by atoms with Gasteiger partial charge >= 0.3 is 0 Å². The molecule has 4 nitrogen and oxygen atoms in total. The molecule has 100 valence electrons. The minimum atomic E-state index is 0.352. The zero-order valence-corrected chi connectivity index (χ0v) is 11.6. The summed E-state index contributed by atoms with van der Waals surface area (Å²) in [5, 5.41) is 12.3. The van der Waals surface area contributed by atoms with E-state index in [1.165, 1.54) is 5.56 Å². The molecule has 0 saturated heterocycles. The molecule has 2 aromatic rings. The maximum absolute atomic E-state index is 4.41. The number of nitrogens with zero attached hydrogens (tertiary/aromatic N) is 3. The summed E-state index contributed by atoms with van der Waals surface area (Å²) >= 11 is 0. The smallest absolute Gasteiger partial charge is 0.164 e. The standard InChI is InChI=1S/C15H20N4/c1-3-4-13-15-18-17-14(19(15)10-9-16-13)12-7-5-11(2)6-8-12/h5-8,13,16H,3-4,9-10H2,1-2H3. The summed E-state index contributed by atoms with van der Waals surface area (Å²) in [6.45, 7) is 6.25. The van der Waals surface area contributed by atoms with E-state index in [2.05, 4.69) is 58.2 Å². The SMILES string of the molecule is CCCC1NCCn2c(-c3ccc(C)cc3)nnc21. The minimum Gasteiger partial charge on any atom is -0.308 e. The summed E-state index contributed by atoms with van der Waals surface area (Å²) in [5.41, 5.74) is 2.43. The van der Waals surface area contributed by atoms with Crippen LogP contribution in [0.25, 0.3) is 11.4 Å². The van der Waals surface area contributed by atoms with Gasteiger partial charge in [0.2, 0.25) is 0 Å². The van der Waals surface area contributed by atoms with Gasteiger partial charge in [0.05, 0.1) is 6.04 Å². The van der Waals surface area contributed by atoms with Crippen LogP contribution in [0, 0.1) is 6.92 Å². The number of nitrogens with one attached hydrogen (secondary N) is 1. The van der Waals surface area contributed by atoms with Crippen LogP contribution in [0.1, 0.15) is 37.2 Å². The topological polar surface area (TPSA) is 42.7 Å². The fourth-order valence-electron chi connectivity index (χ4n) is 2.67. The van der Waals surface area contributed by atoms with Crippen LogP contribution < -0.4 is 5.32 Å². The van der Waals surface area contributed by atoms with Crippen molar-refractivity contribution in [2.45, 2.75) is 39.3 Å². The van der Waals surface area contributed by atoms with Gasteiger partial charge in [-0.15, -0.1) is 10.2 Å². The Morgan fingerprint density at radius 3 is 2.79 bits per heavy atom. The Balaban J connectivity index is 1.98. The molecular formula is C15H20N4. The number of fused-ring (bicyclic) bond motifs is 1. The number of aryl methyl sites for hydroxylation is 1. The first-order valence-corrected chi connectivity index (χ1v) is 7.03. The summed E-state index contributed by atoms with van der Waals surface area (Å²) in [4.78, 5) is 0. The quantitative estimate of drug-likeness (QED) is 0.918. The normalized spacial score (nSPS) is 18.3. The molecule has 0 amide bonds. The average molecular weight is 256 g/mol. The van der Waals surface area contributed by atoms with Gasteiger partial charge in [0, 0.05) is 18.7 Å². The Morgan fingerprint density at radius 2 is 2.05 bits per heavy atom. The lowest BCUT2D eigenvalue weighted by Gasteiger charge is -2.24. The summed E-state index contributed by atoms with van der Waals surface area (Å²) in [6.07, 6.45) is 2.27. The zero-order valence-electron chi connectivity index (χ0n) is 11.6. The van der Waals surface area contributed by atoms with Crippen molar-refractivity contribution in [3.05, 3.63) is 35.7 Å². The Bertz CT molecular complexity index is 556. The van der Waals surface area contributed by atoms with E-state index in [-0.39, 0.29) is 0 Å². The van der Waals surface area contributed by atoms with Crippen molar-refractivity contribution in [3.63, 3.8) is 0 Å². The second-order valence-corrected chi connectivity index (χ2v) is 5.19. The zero-order chi connectivity index (χ0) is 13.2. The van der Waals surface area contributed by atoms with Gasteiger partial charge in [-0.3, -0.25) is 0 Å². The van der Waals surface area contributed by atoms with Gasteiger partial charge in [-0.25, -0.2) is 0 Å². The predicted molar refractivity (Wildman–Crippen MR) is 75.8 cm³/mol. The number of benzene rings is 1. The molecule has 1 unspecified atom stereocenters. The lowest BCUT2D eigenvalue weighted by atomic mass is 10.1. The van der Waals surface area contributed by atoms with Gasteiger partial charge in [-0.05, 0) is 13.3 Å². The Kier molecular flexibility index (Phi) is 3.34. The summed E-state index contributed by atoms with van der Waals surface area (Å²) in [7, 11) is 0. The Labute approximate surface area is 113 Å². The van der Waals surface area contributed by atoms with E-state index in [4.69, 9.17) is 0 Å². The van der Waals surface area contributed by atoms with Gasteiger partial charge in [0.15, 0.2) is 11.6 Å². The van der Waals surface area contributed by atoms with Crippen molar-refractivity contribution in [3.8, 4) is 11.4 Å². The van der Waals surface area contributed by atoms with E-state index in [0.29, 0.717) is 6.04 Å². The number of aromatic nitrogens is 3. The van der Waals surface area contributed by atoms with Crippen molar-refractivity contribution >= 4 is 0 Å². The van der Waals surface area contributed by atoms with Crippen LogP contribution in [0.15, 0.2) is 24.3 Å². The van der Waals surface area contributed by atoms with Gasteiger partial charge in [-0.1, -0.05) is 43.2 Å². The molecule has 0 fully saturated rings. The summed E-state index contributed by atoms with van der Waals surface area (Å²) in [6, 6.07) is 8.86. The first-order valence-electron chi connectivity index (χ1n) is 7.03. The van der Waals surface area contributed by atoms with Crippen LogP contribution in [0.5, 0.6) is 0 Å². The molecule has 0 bridgehead atoms. The summed E-state index contributed by atoms with van der Waals surface area (Å²) < 4.78 is 2.27. The molecule has 2 heterocycles. The van der Waals surface area contributed by atoms with Crippen molar-refractivity contribution in [2.24, 2.45) is 0 Å². The lowest BCUT2D eigenvalue weighted by Crippen LogP contribution is -2.33. The predicted octanol–water partition coefficient (Wildman–Crippen LogP) is 2.70. The van der Waals surface area contributed by atoms with E-state index in [0.717, 1.165) is 43.1 Å². The molecule has 0 saturated carbocycles. The van der Waals surface area contributed by atoms with Gasteiger partial charge in [0.25, 0.3) is 0 Å². The average Bonchev–Trinajstić information content (AvgIpc) is 2.85. The molecule has 1 aliphatic heterocycles. The maximum atomic E-state index is 4.41. The second-order valence-electron chi connectivity index (χ2n) is 5.19. The molecule has 1 aliphatic rings. The van der Waals surface area contributed by atoms with Crippen LogP contribution in [-0.4, -0.2) is 21.3 Å². The monoisotopic (exact) mass is 256 g/mol. The molecular weight excluding hydrogens is 236 g/mol. The van der Waals surface area contributed by atoms with E-state index in [1.54, 1.807) is 0 Å². The van der Waals surface area contributed by atoms with Crippen LogP contribution in [0.4, 0.5) is 0 Å². The highest BCUT2D eigenvalue weighted by Crippen LogP contribution is 2.26. The Morgan fingerprint density at radius 1 is 1.26 bits per heavy atom. The highest BCUT2D eigenvalue weighted by molar-refractivity contribution is 5.56. The molecule has 0 aliphatic carbocycles. The van der Waals surface area contributed by atoms with E-state index in [1.807, 2.05) is 0 Å². The minimum absolute atomic E-state index is 0.352. The lowest BCUT2D eigenvalue weighted by molar-refractivity contribution is 0.394. The molecule has 1 atom stereocenters. The van der Waals surface area contributed by atoms with Crippen LogP contribution in [0.2, 0.25) is 0 Å². The second kappa shape index (κ2) is 5.13.